The summed E-state index contributed by atoms with van der Waals surface area (Å²) in [6.07, 6.45) is 1.73. The molecular formula is C24H21N3O4. The number of anilines is 2. The minimum absolute atomic E-state index is 0.111. The molecular weight excluding hydrogens is 394 g/mol. The molecule has 0 aliphatic carbocycles. The van der Waals surface area contributed by atoms with Gasteiger partial charge in [0.1, 0.15) is 0 Å². The Balaban J connectivity index is 1.86. The molecule has 7 heteroatoms. The molecule has 0 bridgehead atoms. The second kappa shape index (κ2) is 7.95. The molecule has 1 aliphatic rings. The molecule has 2 heterocycles. The van der Waals surface area contributed by atoms with Crippen LogP contribution in [0.2, 0.25) is 0 Å². The van der Waals surface area contributed by atoms with Crippen LogP contribution in [0.4, 0.5) is 11.4 Å². The summed E-state index contributed by atoms with van der Waals surface area (Å²) in [5, 5.41) is 0. The van der Waals surface area contributed by atoms with Crippen molar-refractivity contribution in [3.8, 4) is 11.1 Å². The fraction of sp³-hybridized carbons (Fsp3) is 0.125. The Labute approximate surface area is 179 Å². The minimum atomic E-state index is -0.523. The summed E-state index contributed by atoms with van der Waals surface area (Å²) in [7, 11) is 0. The Morgan fingerprint density at radius 1 is 1.03 bits per heavy atom. The van der Waals surface area contributed by atoms with E-state index in [1.807, 2.05) is 18.2 Å². The van der Waals surface area contributed by atoms with Crippen molar-refractivity contribution in [2.24, 2.45) is 5.73 Å². The number of carbonyl (C=O) groups excluding carboxylic acids is 3. The molecule has 3 aromatic rings. The highest BCUT2D eigenvalue weighted by Crippen LogP contribution is 2.40. The van der Waals surface area contributed by atoms with Crippen LogP contribution in [0.25, 0.3) is 11.1 Å². The average molecular weight is 415 g/mol. The fourth-order valence-electron chi connectivity index (χ4n) is 3.65. The zero-order chi connectivity index (χ0) is 22.1. The number of primary amides is 1. The van der Waals surface area contributed by atoms with E-state index in [9.17, 15) is 14.4 Å². The predicted molar refractivity (Wildman–Crippen MR) is 118 cm³/mol. The van der Waals surface area contributed by atoms with Crippen molar-refractivity contribution in [3.05, 3.63) is 84.5 Å². The van der Waals surface area contributed by atoms with Crippen LogP contribution in [-0.4, -0.2) is 24.3 Å². The van der Waals surface area contributed by atoms with Gasteiger partial charge in [-0.05, 0) is 47.5 Å². The third kappa shape index (κ3) is 3.61. The van der Waals surface area contributed by atoms with E-state index in [1.165, 1.54) is 11.2 Å². The van der Waals surface area contributed by atoms with Crippen molar-refractivity contribution >= 4 is 29.1 Å². The summed E-state index contributed by atoms with van der Waals surface area (Å²) in [5.41, 5.74) is 8.96. The largest absolute Gasteiger partial charge is 0.459 e. The van der Waals surface area contributed by atoms with Crippen molar-refractivity contribution < 1.29 is 18.8 Å². The molecule has 0 atom stereocenters. The topological polar surface area (TPSA) is 96.8 Å². The zero-order valence-corrected chi connectivity index (χ0v) is 17.0. The van der Waals surface area contributed by atoms with Gasteiger partial charge in [-0.1, -0.05) is 31.7 Å². The molecule has 1 aromatic heterocycles. The third-order valence-corrected chi connectivity index (χ3v) is 5.17. The Morgan fingerprint density at radius 3 is 2.48 bits per heavy atom. The highest BCUT2D eigenvalue weighted by molar-refractivity contribution is 6.11. The van der Waals surface area contributed by atoms with E-state index in [1.54, 1.807) is 48.2 Å². The number of benzene rings is 2. The van der Waals surface area contributed by atoms with Gasteiger partial charge in [0.25, 0.3) is 5.91 Å². The highest BCUT2D eigenvalue weighted by Gasteiger charge is 2.33. The quantitative estimate of drug-likeness (QED) is 0.697. The van der Waals surface area contributed by atoms with E-state index < -0.39 is 5.91 Å². The number of furan rings is 1. The number of nitrogens with two attached hydrogens (primary N) is 1. The summed E-state index contributed by atoms with van der Waals surface area (Å²) < 4.78 is 5.30. The summed E-state index contributed by atoms with van der Waals surface area (Å²) >= 11 is 0. The summed E-state index contributed by atoms with van der Waals surface area (Å²) in [6, 6.07) is 15.6. The maximum absolute atomic E-state index is 13.1. The Bertz CT molecular complexity index is 1200. The van der Waals surface area contributed by atoms with Crippen LogP contribution in [0.5, 0.6) is 0 Å². The summed E-state index contributed by atoms with van der Waals surface area (Å²) in [4.78, 5) is 40.4. The summed E-state index contributed by atoms with van der Waals surface area (Å²) in [5.74, 6) is -0.778. The molecule has 0 fully saturated rings. The number of rotatable bonds is 4. The Kier molecular flexibility index (Phi) is 5.17. The van der Waals surface area contributed by atoms with Gasteiger partial charge in [0.15, 0.2) is 5.76 Å². The van der Waals surface area contributed by atoms with Gasteiger partial charge in [-0.2, -0.15) is 0 Å². The van der Waals surface area contributed by atoms with Gasteiger partial charge >= 0.3 is 0 Å². The van der Waals surface area contributed by atoms with E-state index in [2.05, 4.69) is 6.58 Å². The molecule has 0 radical (unpaired) electrons. The molecule has 0 saturated carbocycles. The monoisotopic (exact) mass is 415 g/mol. The van der Waals surface area contributed by atoms with E-state index in [-0.39, 0.29) is 24.1 Å². The second-order valence-electron chi connectivity index (χ2n) is 7.17. The molecule has 0 unspecified atom stereocenters. The summed E-state index contributed by atoms with van der Waals surface area (Å²) in [6.45, 7) is 5.94. The molecule has 0 spiro atoms. The SMILES string of the molecule is C=C1CN(C(=O)c2ccco2)c2cc(-c3cccc(C(N)=O)c3)ccc2N1C(=O)CC. The van der Waals surface area contributed by atoms with Crippen LogP contribution in [0.3, 0.4) is 0 Å². The van der Waals surface area contributed by atoms with Gasteiger partial charge in [-0.25, -0.2) is 0 Å². The van der Waals surface area contributed by atoms with Crippen LogP contribution in [0, 0.1) is 0 Å². The third-order valence-electron chi connectivity index (χ3n) is 5.17. The zero-order valence-electron chi connectivity index (χ0n) is 17.0. The smallest absolute Gasteiger partial charge is 0.294 e. The van der Waals surface area contributed by atoms with Crippen molar-refractivity contribution in [1.82, 2.24) is 0 Å². The van der Waals surface area contributed by atoms with E-state index in [0.29, 0.717) is 29.1 Å². The van der Waals surface area contributed by atoms with Gasteiger partial charge < -0.3 is 10.2 Å². The lowest BCUT2D eigenvalue weighted by molar-refractivity contribution is -0.117. The van der Waals surface area contributed by atoms with Crippen molar-refractivity contribution in [2.75, 3.05) is 16.3 Å². The highest BCUT2D eigenvalue weighted by atomic mass is 16.3. The van der Waals surface area contributed by atoms with E-state index >= 15 is 0 Å². The first-order chi connectivity index (χ1) is 14.9. The second-order valence-corrected chi connectivity index (χ2v) is 7.17. The van der Waals surface area contributed by atoms with Gasteiger partial charge in [0.05, 0.1) is 24.2 Å². The Morgan fingerprint density at radius 2 is 1.81 bits per heavy atom. The number of amides is 3. The van der Waals surface area contributed by atoms with Crippen LogP contribution in [0.1, 0.15) is 34.3 Å². The van der Waals surface area contributed by atoms with Crippen molar-refractivity contribution in [1.29, 1.82) is 0 Å². The number of hydrogen-bond acceptors (Lipinski definition) is 4. The van der Waals surface area contributed by atoms with Crippen molar-refractivity contribution in [3.63, 3.8) is 0 Å². The molecule has 2 N–H and O–H groups in total. The number of nitrogens with zero attached hydrogens (tertiary/aromatic N) is 2. The van der Waals surface area contributed by atoms with Gasteiger partial charge in [0, 0.05) is 17.7 Å². The lowest BCUT2D eigenvalue weighted by Crippen LogP contribution is -2.44. The average Bonchev–Trinajstić information content (AvgIpc) is 3.32. The van der Waals surface area contributed by atoms with E-state index in [4.69, 9.17) is 10.2 Å². The standard InChI is InChI=1S/C24H21N3O4/c1-3-22(28)27-15(2)14-26(24(30)21-8-5-11-31-21)20-13-17(9-10-19(20)27)16-6-4-7-18(12-16)23(25)29/h4-13H,2-3,14H2,1H3,(H2,25,29). The molecule has 1 aliphatic heterocycles. The van der Waals surface area contributed by atoms with Gasteiger partial charge in [0.2, 0.25) is 11.8 Å². The first-order valence-corrected chi connectivity index (χ1v) is 9.81. The number of carbonyl (C=O) groups is 3. The normalized spacial score (nSPS) is 13.1. The first kappa shape index (κ1) is 20.2. The van der Waals surface area contributed by atoms with Gasteiger partial charge in [-0.15, -0.1) is 0 Å². The predicted octanol–water partition coefficient (Wildman–Crippen LogP) is 3.96. The van der Waals surface area contributed by atoms with Crippen molar-refractivity contribution in [2.45, 2.75) is 13.3 Å². The van der Waals surface area contributed by atoms with Crippen LogP contribution < -0.4 is 15.5 Å². The minimum Gasteiger partial charge on any atom is -0.459 e. The maximum atomic E-state index is 13.1. The molecule has 3 amide bonds. The number of hydrogen-bond donors (Lipinski definition) is 1. The molecule has 4 rings (SSSR count). The molecule has 156 valence electrons. The fourth-order valence-corrected chi connectivity index (χ4v) is 3.65. The van der Waals surface area contributed by atoms with Crippen LogP contribution in [-0.2, 0) is 4.79 Å². The van der Waals surface area contributed by atoms with E-state index in [0.717, 1.165) is 11.1 Å². The van der Waals surface area contributed by atoms with Gasteiger partial charge in [-0.3, -0.25) is 24.2 Å². The molecule has 31 heavy (non-hydrogen) atoms. The van der Waals surface area contributed by atoms with Crippen LogP contribution >= 0.6 is 0 Å². The lowest BCUT2D eigenvalue weighted by Gasteiger charge is -2.38. The molecule has 7 nitrogen and oxygen atoms in total. The lowest BCUT2D eigenvalue weighted by atomic mass is 9.99. The molecule has 0 saturated heterocycles. The Hall–Kier alpha value is -4.13. The molecule has 2 aromatic carbocycles. The van der Waals surface area contributed by atoms with Crippen LogP contribution in [0.15, 0.2) is 77.6 Å². The maximum Gasteiger partial charge on any atom is 0.294 e. The number of fused-ring (bicyclic) bond motifs is 1. The first-order valence-electron chi connectivity index (χ1n) is 9.81.